The zero-order valence-corrected chi connectivity index (χ0v) is 10.6. The van der Waals surface area contributed by atoms with E-state index in [9.17, 15) is 4.39 Å². The molecule has 2 N–H and O–H groups in total. The highest BCUT2D eigenvalue weighted by atomic mass is 79.9. The van der Waals surface area contributed by atoms with Crippen molar-refractivity contribution in [3.05, 3.63) is 33.0 Å². The van der Waals surface area contributed by atoms with Crippen LogP contribution in [-0.2, 0) is 5.54 Å². The van der Waals surface area contributed by atoms with E-state index in [0.29, 0.717) is 10.0 Å². The number of hydrogen-bond acceptors (Lipinski definition) is 1. The molecule has 1 fully saturated rings. The van der Waals surface area contributed by atoms with Gasteiger partial charge in [0, 0.05) is 11.1 Å². The highest BCUT2D eigenvalue weighted by Gasteiger charge is 2.38. The minimum absolute atomic E-state index is 0.180. The zero-order chi connectivity index (χ0) is 11.2. The minimum Gasteiger partial charge on any atom is -0.321 e. The molecule has 0 saturated heterocycles. The molecule has 1 aromatic rings. The van der Waals surface area contributed by atoms with Crippen LogP contribution < -0.4 is 5.73 Å². The van der Waals surface area contributed by atoms with E-state index in [1.54, 1.807) is 0 Å². The Hall–Kier alpha value is -0.410. The van der Waals surface area contributed by atoms with E-state index in [2.05, 4.69) is 15.9 Å². The van der Waals surface area contributed by atoms with Crippen molar-refractivity contribution >= 4 is 15.9 Å². The van der Waals surface area contributed by atoms with Crippen molar-refractivity contribution in [3.63, 3.8) is 0 Å². The summed E-state index contributed by atoms with van der Waals surface area (Å²) in [6.45, 7) is 3.94. The van der Waals surface area contributed by atoms with Gasteiger partial charge in [0.05, 0.1) is 4.47 Å². The van der Waals surface area contributed by atoms with E-state index in [1.165, 1.54) is 0 Å². The Kier molecular flexibility index (Phi) is 2.63. The lowest BCUT2D eigenvalue weighted by Gasteiger charge is -2.40. The first-order valence-corrected chi connectivity index (χ1v) is 5.99. The van der Waals surface area contributed by atoms with Gasteiger partial charge in [-0.1, -0.05) is 0 Å². The molecule has 1 aliphatic rings. The number of aryl methyl sites for hydroxylation is 1. The van der Waals surface area contributed by atoms with E-state index in [4.69, 9.17) is 5.73 Å². The maximum absolute atomic E-state index is 14.0. The lowest BCUT2D eigenvalue weighted by atomic mass is 9.70. The van der Waals surface area contributed by atoms with Gasteiger partial charge in [0.1, 0.15) is 5.82 Å². The van der Waals surface area contributed by atoms with Gasteiger partial charge in [0.15, 0.2) is 0 Å². The van der Waals surface area contributed by atoms with Gasteiger partial charge in [-0.3, -0.25) is 0 Å². The predicted molar refractivity (Wildman–Crippen MR) is 63.3 cm³/mol. The second kappa shape index (κ2) is 3.56. The fourth-order valence-corrected chi connectivity index (χ4v) is 2.78. The molecule has 82 valence electrons. The average Bonchev–Trinajstić information content (AvgIpc) is 2.12. The Morgan fingerprint density at radius 3 is 2.47 bits per heavy atom. The van der Waals surface area contributed by atoms with Crippen LogP contribution in [0.4, 0.5) is 4.39 Å². The molecule has 1 saturated carbocycles. The topological polar surface area (TPSA) is 26.0 Å². The monoisotopic (exact) mass is 271 g/mol. The van der Waals surface area contributed by atoms with Gasteiger partial charge in [-0.25, -0.2) is 4.39 Å². The van der Waals surface area contributed by atoms with Crippen LogP contribution in [0.3, 0.4) is 0 Å². The van der Waals surface area contributed by atoms with Crippen molar-refractivity contribution in [1.82, 2.24) is 0 Å². The van der Waals surface area contributed by atoms with E-state index in [1.807, 2.05) is 19.9 Å². The highest BCUT2D eigenvalue weighted by Crippen LogP contribution is 2.43. The summed E-state index contributed by atoms with van der Waals surface area (Å²) in [6.07, 6.45) is 2.88. The van der Waals surface area contributed by atoms with E-state index in [0.717, 1.165) is 30.4 Å². The molecule has 0 spiro atoms. The first kappa shape index (κ1) is 11.1. The Labute approximate surface area is 98.0 Å². The van der Waals surface area contributed by atoms with E-state index < -0.39 is 5.54 Å². The molecule has 2 rings (SSSR count). The first-order chi connectivity index (χ1) is 6.96. The maximum atomic E-state index is 14.0. The van der Waals surface area contributed by atoms with Crippen LogP contribution >= 0.6 is 15.9 Å². The van der Waals surface area contributed by atoms with Crippen molar-refractivity contribution in [2.45, 2.75) is 38.6 Å². The van der Waals surface area contributed by atoms with Gasteiger partial charge in [-0.15, -0.1) is 0 Å². The molecular weight excluding hydrogens is 257 g/mol. The standard InChI is InChI=1S/C12H15BrFN/c1-7-6-9(13)11(14)10(8(7)2)12(15)4-3-5-12/h6H,3-5,15H2,1-2H3. The van der Waals surface area contributed by atoms with Crippen LogP contribution in [0.2, 0.25) is 0 Å². The summed E-state index contributed by atoms with van der Waals surface area (Å²) in [4.78, 5) is 0. The molecule has 15 heavy (non-hydrogen) atoms. The summed E-state index contributed by atoms with van der Waals surface area (Å²) in [5.41, 5.74) is 8.57. The minimum atomic E-state index is -0.428. The summed E-state index contributed by atoms with van der Waals surface area (Å²) < 4.78 is 14.6. The summed E-state index contributed by atoms with van der Waals surface area (Å²) in [6, 6.07) is 1.82. The molecule has 3 heteroatoms. The van der Waals surface area contributed by atoms with Gasteiger partial charge < -0.3 is 5.73 Å². The normalized spacial score (nSPS) is 18.7. The summed E-state index contributed by atoms with van der Waals surface area (Å²) in [5, 5.41) is 0. The molecule has 1 aromatic carbocycles. The predicted octanol–water partition coefficient (Wildman–Crippen LogP) is 3.54. The van der Waals surface area contributed by atoms with Crippen molar-refractivity contribution in [2.75, 3.05) is 0 Å². The average molecular weight is 272 g/mol. The highest BCUT2D eigenvalue weighted by molar-refractivity contribution is 9.10. The molecule has 0 aliphatic heterocycles. The van der Waals surface area contributed by atoms with Crippen molar-refractivity contribution in [1.29, 1.82) is 0 Å². The van der Waals surface area contributed by atoms with Crippen molar-refractivity contribution < 1.29 is 4.39 Å². The van der Waals surface area contributed by atoms with Gasteiger partial charge >= 0.3 is 0 Å². The molecule has 0 unspecified atom stereocenters. The lowest BCUT2D eigenvalue weighted by molar-refractivity contribution is 0.243. The molecule has 0 aromatic heterocycles. The number of hydrogen-bond donors (Lipinski definition) is 1. The van der Waals surface area contributed by atoms with Crippen LogP contribution in [0.15, 0.2) is 10.5 Å². The van der Waals surface area contributed by atoms with Crippen molar-refractivity contribution in [3.8, 4) is 0 Å². The smallest absolute Gasteiger partial charge is 0.142 e. The molecule has 0 atom stereocenters. The summed E-state index contributed by atoms with van der Waals surface area (Å²) in [7, 11) is 0. The molecule has 0 radical (unpaired) electrons. The Balaban J connectivity index is 2.63. The Morgan fingerprint density at radius 2 is 2.00 bits per heavy atom. The van der Waals surface area contributed by atoms with Gasteiger partial charge in [0.2, 0.25) is 0 Å². The van der Waals surface area contributed by atoms with Crippen LogP contribution in [0.1, 0.15) is 36.0 Å². The SMILES string of the molecule is Cc1cc(Br)c(F)c(C2(N)CCC2)c1C. The molecule has 0 heterocycles. The zero-order valence-electron chi connectivity index (χ0n) is 9.03. The second-order valence-electron chi connectivity index (χ2n) is 4.50. The number of nitrogens with two attached hydrogens (primary N) is 1. The van der Waals surface area contributed by atoms with Crippen LogP contribution in [0.5, 0.6) is 0 Å². The molecule has 0 amide bonds. The summed E-state index contributed by atoms with van der Waals surface area (Å²) >= 11 is 3.25. The molecule has 1 nitrogen and oxygen atoms in total. The summed E-state index contributed by atoms with van der Waals surface area (Å²) in [5.74, 6) is -0.180. The second-order valence-corrected chi connectivity index (χ2v) is 5.35. The van der Waals surface area contributed by atoms with Crippen molar-refractivity contribution in [2.24, 2.45) is 5.73 Å². The van der Waals surface area contributed by atoms with Crippen LogP contribution in [0.25, 0.3) is 0 Å². The van der Waals surface area contributed by atoms with Gasteiger partial charge in [-0.05, 0) is 66.2 Å². The number of benzene rings is 1. The fourth-order valence-electron chi connectivity index (χ4n) is 2.24. The quantitative estimate of drug-likeness (QED) is 0.831. The molecular formula is C12H15BrFN. The van der Waals surface area contributed by atoms with Gasteiger partial charge in [0.25, 0.3) is 0 Å². The number of halogens is 2. The largest absolute Gasteiger partial charge is 0.321 e. The Morgan fingerprint density at radius 1 is 1.40 bits per heavy atom. The third-order valence-electron chi connectivity index (χ3n) is 3.48. The van der Waals surface area contributed by atoms with E-state index >= 15 is 0 Å². The van der Waals surface area contributed by atoms with Crippen LogP contribution in [-0.4, -0.2) is 0 Å². The maximum Gasteiger partial charge on any atom is 0.142 e. The third-order valence-corrected chi connectivity index (χ3v) is 4.06. The third kappa shape index (κ3) is 1.62. The fraction of sp³-hybridized carbons (Fsp3) is 0.500. The lowest BCUT2D eigenvalue weighted by Crippen LogP contribution is -2.44. The Bertz CT molecular complexity index is 384. The number of rotatable bonds is 1. The first-order valence-electron chi connectivity index (χ1n) is 5.20. The molecule has 1 aliphatic carbocycles. The van der Waals surface area contributed by atoms with Gasteiger partial charge in [-0.2, -0.15) is 0 Å². The molecule has 0 bridgehead atoms. The van der Waals surface area contributed by atoms with Crippen LogP contribution in [0, 0.1) is 19.7 Å². The van der Waals surface area contributed by atoms with E-state index in [-0.39, 0.29) is 5.82 Å².